The van der Waals surface area contributed by atoms with Crippen molar-refractivity contribution in [3.63, 3.8) is 0 Å². The Kier molecular flexibility index (Phi) is 6.85. The fourth-order valence-electron chi connectivity index (χ4n) is 2.87. The molecule has 2 aromatic carbocycles. The molecule has 0 aliphatic rings. The quantitative estimate of drug-likeness (QED) is 0.332. The molecule has 0 unspecified atom stereocenters. The predicted octanol–water partition coefficient (Wildman–Crippen LogP) is 5.52. The number of nitrogens with one attached hydrogen (secondary N) is 2. The summed E-state index contributed by atoms with van der Waals surface area (Å²) in [5, 5.41) is 17.4. The number of alkyl halides is 3. The molecule has 174 valence electrons. The monoisotopic (exact) mass is 463 g/mol. The number of benzene rings is 2. The molecule has 0 spiro atoms. The van der Waals surface area contributed by atoms with Gasteiger partial charge in [0.25, 0.3) is 5.69 Å². The van der Waals surface area contributed by atoms with E-state index in [4.69, 9.17) is 4.74 Å². The lowest BCUT2D eigenvalue weighted by molar-refractivity contribution is -0.384. The normalized spacial score (nSPS) is 11.2. The Morgan fingerprint density at radius 2 is 1.82 bits per heavy atom. The highest BCUT2D eigenvalue weighted by Crippen LogP contribution is 2.33. The number of nitro groups is 1. The summed E-state index contributed by atoms with van der Waals surface area (Å²) < 4.78 is 46.9. The highest BCUT2D eigenvalue weighted by atomic mass is 19.4. The van der Waals surface area contributed by atoms with Gasteiger partial charge in [-0.15, -0.1) is 13.2 Å². The number of rotatable bonds is 8. The molecule has 12 heteroatoms. The SMILES string of the molecule is COc1ccc(Nc2cc(-c3cccc(OC(F)(F)F)c3)nc(NC(C)C)n2)c([N+](=O)[O-])c1. The lowest BCUT2D eigenvalue weighted by atomic mass is 10.1. The van der Waals surface area contributed by atoms with Crippen molar-refractivity contribution in [3.05, 3.63) is 58.6 Å². The van der Waals surface area contributed by atoms with Crippen molar-refractivity contribution in [2.24, 2.45) is 0 Å². The first-order valence-corrected chi connectivity index (χ1v) is 9.65. The molecule has 3 aromatic rings. The molecule has 33 heavy (non-hydrogen) atoms. The minimum Gasteiger partial charge on any atom is -0.496 e. The number of halogens is 3. The third kappa shape index (κ3) is 6.45. The van der Waals surface area contributed by atoms with E-state index in [9.17, 15) is 23.3 Å². The Morgan fingerprint density at radius 3 is 2.45 bits per heavy atom. The molecule has 0 radical (unpaired) electrons. The van der Waals surface area contributed by atoms with E-state index in [1.165, 1.54) is 43.5 Å². The van der Waals surface area contributed by atoms with Crippen molar-refractivity contribution < 1.29 is 27.6 Å². The molecular weight excluding hydrogens is 443 g/mol. The molecule has 1 heterocycles. The Bertz CT molecular complexity index is 1150. The summed E-state index contributed by atoms with van der Waals surface area (Å²) in [5.41, 5.74) is 0.515. The maximum atomic E-state index is 12.6. The average Bonchev–Trinajstić information content (AvgIpc) is 2.72. The van der Waals surface area contributed by atoms with Crippen molar-refractivity contribution >= 4 is 23.1 Å². The van der Waals surface area contributed by atoms with E-state index in [0.29, 0.717) is 11.3 Å². The Labute approximate surface area is 186 Å². The summed E-state index contributed by atoms with van der Waals surface area (Å²) in [6.45, 7) is 3.71. The summed E-state index contributed by atoms with van der Waals surface area (Å²) in [4.78, 5) is 19.6. The van der Waals surface area contributed by atoms with Gasteiger partial charge in [0.05, 0.1) is 23.8 Å². The van der Waals surface area contributed by atoms with Gasteiger partial charge >= 0.3 is 6.36 Å². The van der Waals surface area contributed by atoms with E-state index in [2.05, 4.69) is 25.3 Å². The van der Waals surface area contributed by atoms with Gasteiger partial charge in [0.2, 0.25) is 5.95 Å². The Morgan fingerprint density at radius 1 is 1.06 bits per heavy atom. The molecule has 0 aliphatic heterocycles. The van der Waals surface area contributed by atoms with Crippen LogP contribution in [0, 0.1) is 10.1 Å². The third-order valence-corrected chi connectivity index (χ3v) is 4.17. The molecule has 0 atom stereocenters. The van der Waals surface area contributed by atoms with Crippen LogP contribution in [0.3, 0.4) is 0 Å². The minimum atomic E-state index is -4.84. The van der Waals surface area contributed by atoms with Gasteiger partial charge in [0.15, 0.2) is 0 Å². The van der Waals surface area contributed by atoms with E-state index in [1.54, 1.807) is 12.1 Å². The molecule has 2 N–H and O–H groups in total. The second kappa shape index (κ2) is 9.59. The lowest BCUT2D eigenvalue weighted by Crippen LogP contribution is -2.17. The number of nitrogens with zero attached hydrogens (tertiary/aromatic N) is 3. The molecule has 0 aliphatic carbocycles. The molecule has 1 aromatic heterocycles. The van der Waals surface area contributed by atoms with Crippen molar-refractivity contribution in [2.75, 3.05) is 17.7 Å². The Balaban J connectivity index is 2.03. The molecule has 0 saturated heterocycles. The first-order chi connectivity index (χ1) is 15.5. The summed E-state index contributed by atoms with van der Waals surface area (Å²) in [6, 6.07) is 11.0. The standard InChI is InChI=1S/C21H20F3N5O4/c1-12(2)25-20-27-17(13-5-4-6-15(9-13)33-21(22,23)24)11-19(28-20)26-16-8-7-14(32-3)10-18(16)29(30)31/h4-12H,1-3H3,(H2,25,26,27,28). The fraction of sp³-hybridized carbons (Fsp3) is 0.238. The van der Waals surface area contributed by atoms with Gasteiger partial charge in [-0.05, 0) is 38.1 Å². The van der Waals surface area contributed by atoms with Gasteiger partial charge in [0, 0.05) is 17.7 Å². The molecule has 0 bridgehead atoms. The van der Waals surface area contributed by atoms with E-state index < -0.39 is 17.0 Å². The van der Waals surface area contributed by atoms with E-state index in [0.717, 1.165) is 0 Å². The summed E-state index contributed by atoms with van der Waals surface area (Å²) in [5.74, 6) is 0.276. The number of anilines is 3. The predicted molar refractivity (Wildman–Crippen MR) is 116 cm³/mol. The molecule has 0 fully saturated rings. The smallest absolute Gasteiger partial charge is 0.496 e. The van der Waals surface area contributed by atoms with Crippen LogP contribution in [0.25, 0.3) is 11.3 Å². The highest BCUT2D eigenvalue weighted by Gasteiger charge is 2.31. The average molecular weight is 463 g/mol. The minimum absolute atomic E-state index is 0.0525. The largest absolute Gasteiger partial charge is 0.573 e. The number of methoxy groups -OCH3 is 1. The molecule has 0 saturated carbocycles. The maximum absolute atomic E-state index is 12.6. The van der Waals surface area contributed by atoms with Crippen LogP contribution in [0.2, 0.25) is 0 Å². The van der Waals surface area contributed by atoms with Crippen molar-refractivity contribution in [3.8, 4) is 22.8 Å². The van der Waals surface area contributed by atoms with Crippen molar-refractivity contribution in [1.29, 1.82) is 0 Å². The van der Waals surface area contributed by atoms with Crippen LogP contribution < -0.4 is 20.1 Å². The fourth-order valence-corrected chi connectivity index (χ4v) is 2.87. The number of hydrogen-bond donors (Lipinski definition) is 2. The maximum Gasteiger partial charge on any atom is 0.573 e. The van der Waals surface area contributed by atoms with Crippen LogP contribution in [0.4, 0.5) is 36.3 Å². The zero-order chi connectivity index (χ0) is 24.2. The van der Waals surface area contributed by atoms with E-state index in [1.807, 2.05) is 13.8 Å². The third-order valence-electron chi connectivity index (χ3n) is 4.17. The summed E-state index contributed by atoms with van der Waals surface area (Å²) in [7, 11) is 1.39. The lowest BCUT2D eigenvalue weighted by Gasteiger charge is -2.14. The molecule has 9 nitrogen and oxygen atoms in total. The van der Waals surface area contributed by atoms with Crippen LogP contribution >= 0.6 is 0 Å². The van der Waals surface area contributed by atoms with Crippen LogP contribution in [0.1, 0.15) is 13.8 Å². The highest BCUT2D eigenvalue weighted by molar-refractivity contribution is 5.73. The van der Waals surface area contributed by atoms with E-state index >= 15 is 0 Å². The summed E-state index contributed by atoms with van der Waals surface area (Å²) >= 11 is 0. The topological polar surface area (TPSA) is 111 Å². The van der Waals surface area contributed by atoms with Gasteiger partial charge in [-0.1, -0.05) is 12.1 Å². The van der Waals surface area contributed by atoms with Crippen molar-refractivity contribution in [1.82, 2.24) is 9.97 Å². The van der Waals surface area contributed by atoms with E-state index in [-0.39, 0.29) is 34.9 Å². The number of nitro benzene ring substituents is 1. The van der Waals surface area contributed by atoms with Crippen LogP contribution in [0.5, 0.6) is 11.5 Å². The number of aromatic nitrogens is 2. The zero-order valence-electron chi connectivity index (χ0n) is 17.8. The second-order valence-corrected chi connectivity index (χ2v) is 7.10. The zero-order valence-corrected chi connectivity index (χ0v) is 17.8. The van der Waals surface area contributed by atoms with Gasteiger partial charge in [-0.3, -0.25) is 10.1 Å². The van der Waals surface area contributed by atoms with Gasteiger partial charge in [-0.2, -0.15) is 4.98 Å². The molecule has 3 rings (SSSR count). The first kappa shape index (κ1) is 23.6. The molecular formula is C21H20F3N5O4. The van der Waals surface area contributed by atoms with Gasteiger partial charge in [0.1, 0.15) is 23.0 Å². The summed E-state index contributed by atoms with van der Waals surface area (Å²) in [6.07, 6.45) is -4.84. The van der Waals surface area contributed by atoms with Crippen LogP contribution in [0.15, 0.2) is 48.5 Å². The Hall–Kier alpha value is -4.09. The van der Waals surface area contributed by atoms with Crippen LogP contribution in [-0.2, 0) is 0 Å². The molecule has 0 amide bonds. The van der Waals surface area contributed by atoms with Gasteiger partial charge < -0.3 is 20.1 Å². The number of hydrogen-bond acceptors (Lipinski definition) is 8. The van der Waals surface area contributed by atoms with Crippen molar-refractivity contribution in [2.45, 2.75) is 26.3 Å². The van der Waals surface area contributed by atoms with Crippen LogP contribution in [-0.4, -0.2) is 34.4 Å². The number of ether oxygens (including phenoxy) is 2. The second-order valence-electron chi connectivity index (χ2n) is 7.10. The first-order valence-electron chi connectivity index (χ1n) is 9.65. The van der Waals surface area contributed by atoms with Gasteiger partial charge in [-0.25, -0.2) is 4.98 Å².